The Bertz CT molecular complexity index is 361. The molecule has 14 heavy (non-hydrogen) atoms. The molecule has 0 radical (unpaired) electrons. The highest BCUT2D eigenvalue weighted by Crippen LogP contribution is 2.22. The molecule has 74 valence electrons. The van der Waals surface area contributed by atoms with Crippen molar-refractivity contribution in [3.8, 4) is 0 Å². The van der Waals surface area contributed by atoms with Crippen molar-refractivity contribution >= 4 is 37.8 Å². The van der Waals surface area contributed by atoms with E-state index in [1.165, 1.54) is 0 Å². The van der Waals surface area contributed by atoms with E-state index in [1.807, 2.05) is 18.2 Å². The first-order chi connectivity index (χ1) is 6.63. The topological polar surface area (TPSA) is 26.3 Å². The van der Waals surface area contributed by atoms with Crippen molar-refractivity contribution in [2.24, 2.45) is 0 Å². The van der Waals surface area contributed by atoms with Gasteiger partial charge in [-0.25, -0.2) is 4.79 Å². The third kappa shape index (κ3) is 3.27. The highest BCUT2D eigenvalue weighted by atomic mass is 79.9. The molecule has 0 fully saturated rings. The van der Waals surface area contributed by atoms with Gasteiger partial charge < -0.3 is 4.74 Å². The molecule has 0 unspecified atom stereocenters. The second-order valence-electron chi connectivity index (χ2n) is 2.55. The number of esters is 1. The zero-order chi connectivity index (χ0) is 10.6. The van der Waals surface area contributed by atoms with Crippen molar-refractivity contribution in [1.82, 2.24) is 0 Å². The van der Waals surface area contributed by atoms with Gasteiger partial charge in [-0.15, -0.1) is 0 Å². The molecule has 0 bridgehead atoms. The Morgan fingerprint density at radius 3 is 2.79 bits per heavy atom. The Balaban J connectivity index is 2.68. The Labute approximate surface area is 99.2 Å². The number of ether oxygens (including phenoxy) is 1. The molecule has 2 nitrogen and oxygen atoms in total. The third-order valence-electron chi connectivity index (χ3n) is 1.55. The molecule has 0 atom stereocenters. The standard InChI is InChI=1S/C10H8Br2O2/c1-2-10(13)14-6-7-3-4-8(11)5-9(7)12/h2-5H,1,6H2. The molecule has 0 spiro atoms. The van der Waals surface area contributed by atoms with Crippen LogP contribution in [0.1, 0.15) is 5.56 Å². The van der Waals surface area contributed by atoms with Crippen LogP contribution in [0.15, 0.2) is 39.8 Å². The van der Waals surface area contributed by atoms with Gasteiger partial charge in [-0.3, -0.25) is 0 Å². The molecule has 1 aromatic rings. The molecule has 0 aliphatic rings. The molecule has 4 heteroatoms. The summed E-state index contributed by atoms with van der Waals surface area (Å²) in [4.78, 5) is 10.8. The molecular formula is C10H8Br2O2. The minimum Gasteiger partial charge on any atom is -0.458 e. The van der Waals surface area contributed by atoms with E-state index in [0.29, 0.717) is 0 Å². The molecular weight excluding hydrogens is 312 g/mol. The van der Waals surface area contributed by atoms with Gasteiger partial charge >= 0.3 is 5.97 Å². The van der Waals surface area contributed by atoms with Gasteiger partial charge in [-0.05, 0) is 12.1 Å². The van der Waals surface area contributed by atoms with Crippen molar-refractivity contribution < 1.29 is 9.53 Å². The van der Waals surface area contributed by atoms with E-state index in [0.717, 1.165) is 20.6 Å². The lowest BCUT2D eigenvalue weighted by Crippen LogP contribution is -2.00. The Morgan fingerprint density at radius 1 is 1.50 bits per heavy atom. The summed E-state index contributed by atoms with van der Waals surface area (Å²) in [5.41, 5.74) is 0.920. The molecule has 1 aromatic carbocycles. The van der Waals surface area contributed by atoms with Crippen LogP contribution in [0.25, 0.3) is 0 Å². The van der Waals surface area contributed by atoms with Crippen molar-refractivity contribution in [2.45, 2.75) is 6.61 Å². The van der Waals surface area contributed by atoms with E-state index in [-0.39, 0.29) is 6.61 Å². The van der Waals surface area contributed by atoms with E-state index in [9.17, 15) is 4.79 Å². The smallest absolute Gasteiger partial charge is 0.330 e. The second-order valence-corrected chi connectivity index (χ2v) is 4.32. The van der Waals surface area contributed by atoms with E-state index >= 15 is 0 Å². The highest BCUT2D eigenvalue weighted by Gasteiger charge is 2.02. The summed E-state index contributed by atoms with van der Waals surface area (Å²) in [5.74, 6) is -0.417. The predicted molar refractivity (Wildman–Crippen MR) is 61.8 cm³/mol. The summed E-state index contributed by atoms with van der Waals surface area (Å²) in [6, 6.07) is 5.67. The number of carbonyl (C=O) groups is 1. The van der Waals surface area contributed by atoms with Crippen LogP contribution in [0.2, 0.25) is 0 Å². The Hall–Kier alpha value is -0.610. The molecule has 0 N–H and O–H groups in total. The SMILES string of the molecule is C=CC(=O)OCc1ccc(Br)cc1Br. The fraction of sp³-hybridized carbons (Fsp3) is 0.100. The molecule has 0 aliphatic heterocycles. The first kappa shape index (κ1) is 11.5. The predicted octanol–water partition coefficient (Wildman–Crippen LogP) is 3.44. The van der Waals surface area contributed by atoms with Gasteiger partial charge in [0, 0.05) is 20.6 Å². The maximum Gasteiger partial charge on any atom is 0.330 e. The Morgan fingerprint density at radius 2 is 2.21 bits per heavy atom. The molecule has 0 amide bonds. The number of carbonyl (C=O) groups excluding carboxylic acids is 1. The van der Waals surface area contributed by atoms with E-state index in [2.05, 4.69) is 38.4 Å². The quantitative estimate of drug-likeness (QED) is 0.630. The average molecular weight is 320 g/mol. The van der Waals surface area contributed by atoms with Crippen LogP contribution in [0.5, 0.6) is 0 Å². The summed E-state index contributed by atoms with van der Waals surface area (Å²) in [6.45, 7) is 3.56. The summed E-state index contributed by atoms with van der Waals surface area (Å²) >= 11 is 6.71. The van der Waals surface area contributed by atoms with Gasteiger partial charge in [0.2, 0.25) is 0 Å². The fourth-order valence-corrected chi connectivity index (χ4v) is 2.01. The van der Waals surface area contributed by atoms with Crippen molar-refractivity contribution in [2.75, 3.05) is 0 Å². The monoisotopic (exact) mass is 318 g/mol. The van der Waals surface area contributed by atoms with Crippen LogP contribution in [0.3, 0.4) is 0 Å². The van der Waals surface area contributed by atoms with Gasteiger partial charge in [0.25, 0.3) is 0 Å². The van der Waals surface area contributed by atoms with Gasteiger partial charge in [-0.2, -0.15) is 0 Å². The minimum absolute atomic E-state index is 0.249. The zero-order valence-electron chi connectivity index (χ0n) is 7.30. The number of hydrogen-bond donors (Lipinski definition) is 0. The van der Waals surface area contributed by atoms with Crippen LogP contribution in [-0.2, 0) is 16.1 Å². The van der Waals surface area contributed by atoms with E-state index in [1.54, 1.807) is 0 Å². The maximum absolute atomic E-state index is 10.8. The number of hydrogen-bond acceptors (Lipinski definition) is 2. The van der Waals surface area contributed by atoms with Crippen molar-refractivity contribution in [3.05, 3.63) is 45.4 Å². The summed E-state index contributed by atoms with van der Waals surface area (Å²) in [7, 11) is 0. The van der Waals surface area contributed by atoms with Crippen molar-refractivity contribution in [1.29, 1.82) is 0 Å². The van der Waals surface area contributed by atoms with Gasteiger partial charge in [0.05, 0.1) is 0 Å². The molecule has 0 aliphatic carbocycles. The lowest BCUT2D eigenvalue weighted by Gasteiger charge is -2.04. The molecule has 1 rings (SSSR count). The summed E-state index contributed by atoms with van der Waals surface area (Å²) in [5, 5.41) is 0. The lowest BCUT2D eigenvalue weighted by atomic mass is 10.2. The summed E-state index contributed by atoms with van der Waals surface area (Å²) in [6.07, 6.45) is 1.15. The van der Waals surface area contributed by atoms with Crippen LogP contribution in [0.4, 0.5) is 0 Å². The zero-order valence-corrected chi connectivity index (χ0v) is 10.5. The first-order valence-corrected chi connectivity index (χ1v) is 5.45. The number of rotatable bonds is 3. The van der Waals surface area contributed by atoms with E-state index < -0.39 is 5.97 Å². The van der Waals surface area contributed by atoms with Gasteiger partial charge in [0.15, 0.2) is 0 Å². The Kier molecular flexibility index (Phi) is 4.35. The highest BCUT2D eigenvalue weighted by molar-refractivity contribution is 9.11. The minimum atomic E-state index is -0.417. The van der Waals surface area contributed by atoms with Crippen LogP contribution < -0.4 is 0 Å². The molecule has 0 saturated heterocycles. The number of halogens is 2. The van der Waals surface area contributed by atoms with Crippen LogP contribution in [-0.4, -0.2) is 5.97 Å². The molecule has 0 saturated carbocycles. The number of benzene rings is 1. The summed E-state index contributed by atoms with van der Waals surface area (Å²) < 4.78 is 6.78. The second kappa shape index (κ2) is 5.32. The normalized spacial score (nSPS) is 9.57. The van der Waals surface area contributed by atoms with E-state index in [4.69, 9.17) is 4.74 Å². The van der Waals surface area contributed by atoms with Crippen LogP contribution in [0, 0.1) is 0 Å². The van der Waals surface area contributed by atoms with Gasteiger partial charge in [0.1, 0.15) is 6.61 Å². The average Bonchev–Trinajstić information content (AvgIpc) is 2.16. The van der Waals surface area contributed by atoms with Crippen LogP contribution >= 0.6 is 31.9 Å². The van der Waals surface area contributed by atoms with Gasteiger partial charge in [-0.1, -0.05) is 44.5 Å². The molecule has 0 heterocycles. The first-order valence-electron chi connectivity index (χ1n) is 3.86. The molecule has 0 aromatic heterocycles. The lowest BCUT2D eigenvalue weighted by molar-refractivity contribution is -0.138. The van der Waals surface area contributed by atoms with Crippen molar-refractivity contribution in [3.63, 3.8) is 0 Å². The maximum atomic E-state index is 10.8. The fourth-order valence-electron chi connectivity index (χ4n) is 0.847. The largest absolute Gasteiger partial charge is 0.458 e. The third-order valence-corrected chi connectivity index (χ3v) is 2.78.